The molecule has 3 aromatic carbocycles. The highest BCUT2D eigenvalue weighted by Gasteiger charge is 2.23. The zero-order chi connectivity index (χ0) is 21.8. The molecule has 6 heteroatoms. The van der Waals surface area contributed by atoms with Crippen LogP contribution in [0.15, 0.2) is 72.5 Å². The van der Waals surface area contributed by atoms with Crippen molar-refractivity contribution in [2.75, 3.05) is 12.4 Å². The minimum Gasteiger partial charge on any atom is -0.496 e. The van der Waals surface area contributed by atoms with Gasteiger partial charge in [0, 0.05) is 17.7 Å². The smallest absolute Gasteiger partial charge is 0.291 e. The van der Waals surface area contributed by atoms with Crippen LogP contribution in [0.4, 0.5) is 5.69 Å². The third kappa shape index (κ3) is 4.59. The van der Waals surface area contributed by atoms with Gasteiger partial charge in [-0.05, 0) is 42.8 Å². The molecule has 0 spiro atoms. The Kier molecular flexibility index (Phi) is 5.71. The van der Waals surface area contributed by atoms with Crippen LogP contribution in [0.3, 0.4) is 0 Å². The van der Waals surface area contributed by atoms with Crippen LogP contribution in [0.2, 0.25) is 0 Å². The van der Waals surface area contributed by atoms with E-state index >= 15 is 0 Å². The lowest BCUT2D eigenvalue weighted by Crippen LogP contribution is -2.25. The molecule has 3 aromatic rings. The van der Waals surface area contributed by atoms with Gasteiger partial charge >= 0.3 is 0 Å². The van der Waals surface area contributed by atoms with E-state index in [0.717, 1.165) is 16.7 Å². The fourth-order valence-electron chi connectivity index (χ4n) is 3.34. The molecule has 0 aromatic heterocycles. The first kappa shape index (κ1) is 20.2. The van der Waals surface area contributed by atoms with Crippen LogP contribution in [-0.2, 0) is 11.3 Å². The van der Waals surface area contributed by atoms with E-state index in [1.54, 1.807) is 31.4 Å². The van der Waals surface area contributed by atoms with E-state index in [-0.39, 0.29) is 11.7 Å². The van der Waals surface area contributed by atoms with Crippen molar-refractivity contribution in [3.05, 3.63) is 94.7 Å². The first-order valence-corrected chi connectivity index (χ1v) is 9.85. The number of carbonyl (C=O) groups excluding carboxylic acids is 2. The normalized spacial score (nSPS) is 13.7. The Morgan fingerprint density at radius 2 is 1.94 bits per heavy atom. The van der Waals surface area contributed by atoms with Crippen LogP contribution >= 0.6 is 0 Å². The highest BCUT2D eigenvalue weighted by Crippen LogP contribution is 2.33. The van der Waals surface area contributed by atoms with Gasteiger partial charge in [-0.1, -0.05) is 48.0 Å². The third-order valence-electron chi connectivity index (χ3n) is 4.89. The van der Waals surface area contributed by atoms with Gasteiger partial charge in [-0.3, -0.25) is 9.59 Å². The SMILES string of the molecule is COc1ccccc1/C=C1/Oc2ccc(C(=O)NCc3cccc(C)c3)cc2NC1=O. The Balaban J connectivity index is 1.50. The predicted molar refractivity (Wildman–Crippen MR) is 119 cm³/mol. The monoisotopic (exact) mass is 414 g/mol. The summed E-state index contributed by atoms with van der Waals surface area (Å²) in [6, 6.07) is 20.2. The van der Waals surface area contributed by atoms with Gasteiger partial charge in [0.25, 0.3) is 11.8 Å². The van der Waals surface area contributed by atoms with Crippen molar-refractivity contribution < 1.29 is 19.1 Å². The van der Waals surface area contributed by atoms with Gasteiger partial charge in [0.2, 0.25) is 0 Å². The molecule has 0 radical (unpaired) electrons. The van der Waals surface area contributed by atoms with Crippen LogP contribution in [0.5, 0.6) is 11.5 Å². The zero-order valence-corrected chi connectivity index (χ0v) is 17.3. The molecule has 156 valence electrons. The number of amides is 2. The number of methoxy groups -OCH3 is 1. The summed E-state index contributed by atoms with van der Waals surface area (Å²) in [5.41, 5.74) is 3.77. The summed E-state index contributed by atoms with van der Waals surface area (Å²) in [5.74, 6) is 0.632. The summed E-state index contributed by atoms with van der Waals surface area (Å²) >= 11 is 0. The standard InChI is InChI=1S/C25H22N2O4/c1-16-6-5-7-17(12-16)15-26-24(28)19-10-11-22-20(13-19)27-25(29)23(31-22)14-18-8-3-4-9-21(18)30-2/h3-14H,15H2,1-2H3,(H,26,28)(H,27,29)/b23-14+. The molecular weight excluding hydrogens is 392 g/mol. The largest absolute Gasteiger partial charge is 0.496 e. The minimum absolute atomic E-state index is 0.147. The second-order valence-corrected chi connectivity index (χ2v) is 7.19. The highest BCUT2D eigenvalue weighted by molar-refractivity contribution is 6.09. The van der Waals surface area contributed by atoms with Gasteiger partial charge in [0.05, 0.1) is 12.8 Å². The molecule has 4 rings (SSSR count). The Morgan fingerprint density at radius 3 is 2.74 bits per heavy atom. The number of benzene rings is 3. The van der Waals surface area contributed by atoms with Crippen LogP contribution in [0, 0.1) is 6.92 Å². The molecule has 0 atom stereocenters. The summed E-state index contributed by atoms with van der Waals surface area (Å²) in [6.45, 7) is 2.43. The maximum absolute atomic E-state index is 12.6. The van der Waals surface area contributed by atoms with Crippen molar-refractivity contribution in [1.29, 1.82) is 0 Å². The van der Waals surface area contributed by atoms with Crippen molar-refractivity contribution in [1.82, 2.24) is 5.32 Å². The topological polar surface area (TPSA) is 76.7 Å². The quantitative estimate of drug-likeness (QED) is 0.610. The van der Waals surface area contributed by atoms with Gasteiger partial charge in [0.15, 0.2) is 11.5 Å². The second-order valence-electron chi connectivity index (χ2n) is 7.19. The molecule has 0 aliphatic carbocycles. The summed E-state index contributed by atoms with van der Waals surface area (Å²) in [4.78, 5) is 25.1. The average molecular weight is 414 g/mol. The predicted octanol–water partition coefficient (Wildman–Crippen LogP) is 4.31. The summed E-state index contributed by atoms with van der Waals surface area (Å²) in [6.07, 6.45) is 1.62. The second kappa shape index (κ2) is 8.75. The van der Waals surface area contributed by atoms with E-state index < -0.39 is 5.91 Å². The van der Waals surface area contributed by atoms with E-state index in [2.05, 4.69) is 10.6 Å². The van der Waals surface area contributed by atoms with Crippen LogP contribution < -0.4 is 20.1 Å². The number of rotatable bonds is 5. The van der Waals surface area contributed by atoms with E-state index in [4.69, 9.17) is 9.47 Å². The van der Waals surface area contributed by atoms with E-state index in [9.17, 15) is 9.59 Å². The fourth-order valence-corrected chi connectivity index (χ4v) is 3.34. The van der Waals surface area contributed by atoms with Gasteiger partial charge in [0.1, 0.15) is 5.75 Å². The van der Waals surface area contributed by atoms with Crippen molar-refractivity contribution in [2.24, 2.45) is 0 Å². The molecule has 0 unspecified atom stereocenters. The molecule has 1 heterocycles. The van der Waals surface area contributed by atoms with Crippen molar-refractivity contribution in [3.63, 3.8) is 0 Å². The Labute approximate surface area is 180 Å². The van der Waals surface area contributed by atoms with Gasteiger partial charge in [-0.15, -0.1) is 0 Å². The lowest BCUT2D eigenvalue weighted by atomic mass is 10.1. The number of aryl methyl sites for hydroxylation is 1. The molecule has 2 amide bonds. The summed E-state index contributed by atoms with van der Waals surface area (Å²) < 4.78 is 11.1. The molecule has 2 N–H and O–H groups in total. The van der Waals surface area contributed by atoms with Crippen LogP contribution in [0.1, 0.15) is 27.0 Å². The molecule has 1 aliphatic heterocycles. The number of carbonyl (C=O) groups is 2. The summed E-state index contributed by atoms with van der Waals surface area (Å²) in [5, 5.41) is 5.69. The molecule has 31 heavy (non-hydrogen) atoms. The van der Waals surface area contributed by atoms with Gasteiger partial charge in [-0.25, -0.2) is 0 Å². The van der Waals surface area contributed by atoms with E-state index in [1.165, 1.54) is 0 Å². The van der Waals surface area contributed by atoms with E-state index in [0.29, 0.717) is 29.3 Å². The van der Waals surface area contributed by atoms with Crippen molar-refractivity contribution in [3.8, 4) is 11.5 Å². The first-order chi connectivity index (χ1) is 15.0. The van der Waals surface area contributed by atoms with Gasteiger partial charge < -0.3 is 20.1 Å². The number of anilines is 1. The molecule has 0 bridgehead atoms. The Hall–Kier alpha value is -4.06. The van der Waals surface area contributed by atoms with Crippen molar-refractivity contribution >= 4 is 23.6 Å². The molecule has 6 nitrogen and oxygen atoms in total. The number of nitrogens with one attached hydrogen (secondary N) is 2. The van der Waals surface area contributed by atoms with E-state index in [1.807, 2.05) is 55.5 Å². The molecule has 1 aliphatic rings. The van der Waals surface area contributed by atoms with Crippen molar-refractivity contribution in [2.45, 2.75) is 13.5 Å². The molecular formula is C25H22N2O4. The number of hydrogen-bond donors (Lipinski definition) is 2. The number of para-hydroxylation sites is 1. The molecule has 0 fully saturated rings. The zero-order valence-electron chi connectivity index (χ0n) is 17.3. The Bertz CT molecular complexity index is 1180. The number of hydrogen-bond acceptors (Lipinski definition) is 4. The summed E-state index contributed by atoms with van der Waals surface area (Å²) in [7, 11) is 1.57. The van der Waals surface area contributed by atoms with Crippen LogP contribution in [-0.4, -0.2) is 18.9 Å². The lowest BCUT2D eigenvalue weighted by Gasteiger charge is -2.21. The first-order valence-electron chi connectivity index (χ1n) is 9.85. The maximum atomic E-state index is 12.6. The molecule has 0 saturated heterocycles. The fraction of sp³-hybridized carbons (Fsp3) is 0.120. The highest BCUT2D eigenvalue weighted by atomic mass is 16.5. The lowest BCUT2D eigenvalue weighted by molar-refractivity contribution is -0.115. The molecule has 0 saturated carbocycles. The average Bonchev–Trinajstić information content (AvgIpc) is 2.78. The Morgan fingerprint density at radius 1 is 1.10 bits per heavy atom. The minimum atomic E-state index is -0.393. The maximum Gasteiger partial charge on any atom is 0.291 e. The number of ether oxygens (including phenoxy) is 2. The van der Waals surface area contributed by atoms with Crippen LogP contribution in [0.25, 0.3) is 6.08 Å². The third-order valence-corrected chi connectivity index (χ3v) is 4.89. The number of fused-ring (bicyclic) bond motifs is 1. The van der Waals surface area contributed by atoms with Gasteiger partial charge in [-0.2, -0.15) is 0 Å².